The largest absolute Gasteiger partial charge is 0.481 e. The summed E-state index contributed by atoms with van der Waals surface area (Å²) in [6.45, 7) is 10.3. The van der Waals surface area contributed by atoms with Gasteiger partial charge in [0.15, 0.2) is 21.4 Å². The van der Waals surface area contributed by atoms with E-state index in [9.17, 15) is 27.9 Å². The van der Waals surface area contributed by atoms with Crippen LogP contribution in [0.2, 0.25) is 0 Å². The minimum Gasteiger partial charge on any atom is -0.481 e. The highest BCUT2D eigenvalue weighted by atomic mass is 32.2. The Bertz CT molecular complexity index is 1550. The lowest BCUT2D eigenvalue weighted by Gasteiger charge is -2.70. The zero-order chi connectivity index (χ0) is 28.7. The van der Waals surface area contributed by atoms with Crippen molar-refractivity contribution in [2.75, 3.05) is 5.75 Å². The summed E-state index contributed by atoms with van der Waals surface area (Å²) in [5, 5.41) is 10.4. The van der Waals surface area contributed by atoms with Gasteiger partial charge in [-0.1, -0.05) is 38.8 Å². The van der Waals surface area contributed by atoms with E-state index in [1.165, 1.54) is 5.57 Å². The number of hydrogen-bond acceptors (Lipinski definition) is 5. The van der Waals surface area contributed by atoms with E-state index in [-0.39, 0.29) is 57.7 Å². The third-order valence-corrected chi connectivity index (χ3v) is 14.7. The Morgan fingerprint density at radius 2 is 1.80 bits per heavy atom. The van der Waals surface area contributed by atoms with Gasteiger partial charge in [-0.05, 0) is 98.7 Å². The molecule has 0 aromatic heterocycles. The van der Waals surface area contributed by atoms with Crippen molar-refractivity contribution in [1.82, 2.24) is 0 Å². The number of aliphatic carboxylic acids is 1. The van der Waals surface area contributed by atoms with E-state index < -0.39 is 38.5 Å². The van der Waals surface area contributed by atoms with Gasteiger partial charge in [0.1, 0.15) is 0 Å². The molecule has 3 fully saturated rings. The Morgan fingerprint density at radius 3 is 2.48 bits per heavy atom. The molecular formula is C33H40O6S. The lowest BCUT2D eigenvalue weighted by atomic mass is 9.33. The summed E-state index contributed by atoms with van der Waals surface area (Å²) < 4.78 is 25.9. The maximum atomic E-state index is 14.8. The number of benzene rings is 1. The van der Waals surface area contributed by atoms with E-state index in [1.807, 2.05) is 6.92 Å². The van der Waals surface area contributed by atoms with Gasteiger partial charge in [-0.25, -0.2) is 8.42 Å². The highest BCUT2D eigenvalue weighted by molar-refractivity contribution is 7.91. The van der Waals surface area contributed by atoms with Gasteiger partial charge < -0.3 is 5.11 Å². The highest BCUT2D eigenvalue weighted by Gasteiger charge is 2.71. The molecule has 6 nitrogen and oxygen atoms in total. The van der Waals surface area contributed by atoms with Crippen LogP contribution in [0.15, 0.2) is 22.6 Å². The van der Waals surface area contributed by atoms with Crippen molar-refractivity contribution in [1.29, 1.82) is 0 Å². The van der Waals surface area contributed by atoms with Crippen molar-refractivity contribution < 1.29 is 27.9 Å². The molecule has 2 bridgehead atoms. The molecule has 3 saturated carbocycles. The van der Waals surface area contributed by atoms with E-state index in [4.69, 9.17) is 0 Å². The maximum absolute atomic E-state index is 14.8. The van der Waals surface area contributed by atoms with Gasteiger partial charge in [0.05, 0.1) is 16.1 Å². The van der Waals surface area contributed by atoms with Gasteiger partial charge in [0, 0.05) is 28.4 Å². The molecule has 7 heteroatoms. The summed E-state index contributed by atoms with van der Waals surface area (Å²) in [5.41, 5.74) is 1.67. The number of Topliss-reactive ketones (excluding diaryl/α,β-unsaturated/α-hetero) is 2. The Kier molecular flexibility index (Phi) is 5.29. The van der Waals surface area contributed by atoms with Crippen LogP contribution in [0.1, 0.15) is 98.1 Å². The first-order valence-corrected chi connectivity index (χ1v) is 16.8. The van der Waals surface area contributed by atoms with Gasteiger partial charge in [0.25, 0.3) is 0 Å². The fraction of sp³-hybridized carbons (Fsp3) is 0.667. The van der Waals surface area contributed by atoms with E-state index in [1.54, 1.807) is 13.0 Å². The predicted octanol–water partition coefficient (Wildman–Crippen LogP) is 5.85. The van der Waals surface area contributed by atoms with Crippen molar-refractivity contribution in [2.45, 2.75) is 84.5 Å². The van der Waals surface area contributed by atoms with Crippen LogP contribution >= 0.6 is 0 Å². The van der Waals surface area contributed by atoms with E-state index >= 15 is 0 Å². The van der Waals surface area contributed by atoms with E-state index in [0.717, 1.165) is 25.7 Å². The fourth-order valence-corrected chi connectivity index (χ4v) is 13.1. The first-order valence-electron chi connectivity index (χ1n) is 15.1. The van der Waals surface area contributed by atoms with E-state index in [2.05, 4.69) is 26.8 Å². The van der Waals surface area contributed by atoms with Gasteiger partial charge in [-0.2, -0.15) is 0 Å². The van der Waals surface area contributed by atoms with Crippen molar-refractivity contribution in [3.05, 3.63) is 40.0 Å². The van der Waals surface area contributed by atoms with E-state index in [0.29, 0.717) is 35.1 Å². The summed E-state index contributed by atoms with van der Waals surface area (Å²) in [7, 11) is -3.47. The number of sulfone groups is 1. The van der Waals surface area contributed by atoms with Crippen LogP contribution in [0.3, 0.4) is 0 Å². The van der Waals surface area contributed by atoms with Crippen LogP contribution < -0.4 is 0 Å². The molecular weight excluding hydrogens is 524 g/mol. The Labute approximate surface area is 236 Å². The highest BCUT2D eigenvalue weighted by Crippen LogP contribution is 2.74. The lowest BCUT2D eigenvalue weighted by molar-refractivity contribution is -0.189. The maximum Gasteiger partial charge on any atom is 0.309 e. The number of carbonyl (C=O) groups is 3. The number of carbonyl (C=O) groups excluding carboxylic acids is 2. The first kappa shape index (κ1) is 26.6. The van der Waals surface area contributed by atoms with Crippen LogP contribution in [0, 0.1) is 58.7 Å². The quantitative estimate of drug-likeness (QED) is 0.452. The number of allylic oxidation sites excluding steroid dienone is 2. The summed E-state index contributed by atoms with van der Waals surface area (Å²) >= 11 is 0. The summed E-state index contributed by atoms with van der Waals surface area (Å²) in [6.07, 6.45) is 7.37. The summed E-state index contributed by atoms with van der Waals surface area (Å²) in [6, 6.07) is 1.68. The van der Waals surface area contributed by atoms with Crippen LogP contribution in [0.25, 0.3) is 0 Å². The topological polar surface area (TPSA) is 106 Å². The van der Waals surface area contributed by atoms with Crippen molar-refractivity contribution in [3.63, 3.8) is 0 Å². The fourth-order valence-electron chi connectivity index (χ4n) is 11.3. The standard InChI is InChI=1S/C33H40O6S/c1-16(2)21-15-33-11-7-22-31(4,9-6-10-32(22,5)30(36)37)23(33)14-19(21)25-26(33)28(35)24-18-8-12-40(38,39)29(18)17(3)13-20(24)27(25)34/h13,15-16,19,22-23,25-26H,6-12,14H2,1-5H3,(H,36,37)/t19-,22+,23+,25+,26-,31-,32+,33-/m0/s1. The average Bonchev–Trinajstić information content (AvgIpc) is 3.21. The monoisotopic (exact) mass is 564 g/mol. The van der Waals surface area contributed by atoms with Crippen molar-refractivity contribution >= 4 is 27.4 Å². The molecule has 1 N–H and O–H groups in total. The summed E-state index contributed by atoms with van der Waals surface area (Å²) in [5.74, 6) is -1.36. The SMILES string of the molecule is Cc1cc2c(c3c1S(=O)(=O)CC3)C(=O)[C@@H]1[C@H](C2=O)[C@H]2C[C@@H]3[C@@]4(C)CCC[C@@](C)(C(=O)O)[C@@H]4CC[C@@]13C=C2C(C)C. The second-order valence-electron chi connectivity index (χ2n) is 14.7. The molecule has 0 saturated heterocycles. The summed E-state index contributed by atoms with van der Waals surface area (Å²) in [4.78, 5) is 42.2. The van der Waals surface area contributed by atoms with Crippen molar-refractivity contribution in [2.24, 2.45) is 51.8 Å². The molecule has 1 aromatic carbocycles. The molecule has 0 unspecified atom stereocenters. The average molecular weight is 565 g/mol. The van der Waals surface area contributed by atoms with Gasteiger partial charge in [-0.15, -0.1) is 0 Å². The molecule has 7 aliphatic rings. The minimum absolute atomic E-state index is 0.00941. The minimum atomic E-state index is -3.47. The van der Waals surface area contributed by atoms with Gasteiger partial charge in [0.2, 0.25) is 0 Å². The number of rotatable bonds is 2. The molecule has 1 heterocycles. The number of hydrogen-bond donors (Lipinski definition) is 1. The molecule has 0 amide bonds. The second kappa shape index (κ2) is 7.96. The Morgan fingerprint density at radius 1 is 1.07 bits per heavy atom. The third kappa shape index (κ3) is 2.95. The smallest absolute Gasteiger partial charge is 0.309 e. The van der Waals surface area contributed by atoms with Crippen LogP contribution in [0.5, 0.6) is 0 Å². The molecule has 8 rings (SSSR count). The molecule has 1 spiro atoms. The molecule has 0 radical (unpaired) electrons. The second-order valence-corrected chi connectivity index (χ2v) is 16.7. The van der Waals surface area contributed by atoms with Crippen molar-refractivity contribution in [3.8, 4) is 0 Å². The zero-order valence-corrected chi connectivity index (χ0v) is 25.0. The molecule has 1 aromatic rings. The first-order chi connectivity index (χ1) is 18.7. The molecule has 214 valence electrons. The Hall–Kier alpha value is -2.28. The Balaban J connectivity index is 1.45. The van der Waals surface area contributed by atoms with Crippen LogP contribution in [0.4, 0.5) is 0 Å². The number of carboxylic acids is 1. The third-order valence-electron chi connectivity index (χ3n) is 12.8. The number of ketones is 2. The molecule has 1 aliphatic heterocycles. The van der Waals surface area contributed by atoms with Crippen LogP contribution in [-0.2, 0) is 21.1 Å². The predicted molar refractivity (Wildman–Crippen MR) is 150 cm³/mol. The molecule has 40 heavy (non-hydrogen) atoms. The normalized spacial score (nSPS) is 42.5. The van der Waals surface area contributed by atoms with Gasteiger partial charge >= 0.3 is 5.97 Å². The van der Waals surface area contributed by atoms with Gasteiger partial charge in [-0.3, -0.25) is 14.4 Å². The van der Waals surface area contributed by atoms with Crippen LogP contribution in [-0.4, -0.2) is 36.8 Å². The lowest BCUT2D eigenvalue weighted by Crippen LogP contribution is -2.67. The molecule has 6 aliphatic carbocycles. The number of carboxylic acid groups (broad SMARTS) is 1. The zero-order valence-electron chi connectivity index (χ0n) is 24.2. The number of fused-ring (bicyclic) bond motifs is 4. The molecule has 8 atom stereocenters. The number of aryl methyl sites for hydroxylation is 1.